The molecule has 154 valence electrons. The monoisotopic (exact) mass is 391 g/mol. The molecular formula is C20H31N4O4+. The number of hydrogen-bond donors (Lipinski definition) is 2. The second-order valence-electron chi connectivity index (χ2n) is 8.57. The van der Waals surface area contributed by atoms with Gasteiger partial charge in [-0.2, -0.15) is 14.3 Å². The molecule has 1 unspecified atom stereocenters. The first-order chi connectivity index (χ1) is 13.2. The van der Waals surface area contributed by atoms with Gasteiger partial charge < -0.3 is 20.1 Å². The first-order valence-electron chi connectivity index (χ1n) is 9.98. The SMILES string of the molecule is CC(C)(C)OC(=O)[N+]1(c2cccc(C(=O)N3CC[C@@H](O)C3)n2)CCCNCC1. The van der Waals surface area contributed by atoms with Crippen molar-refractivity contribution in [1.29, 1.82) is 0 Å². The van der Waals surface area contributed by atoms with Gasteiger partial charge in [0, 0.05) is 38.7 Å². The van der Waals surface area contributed by atoms with E-state index in [9.17, 15) is 14.7 Å². The van der Waals surface area contributed by atoms with Gasteiger partial charge >= 0.3 is 6.09 Å². The van der Waals surface area contributed by atoms with Crippen LogP contribution >= 0.6 is 0 Å². The first-order valence-corrected chi connectivity index (χ1v) is 9.98. The highest BCUT2D eigenvalue weighted by Crippen LogP contribution is 2.27. The first kappa shape index (κ1) is 20.7. The number of quaternary nitrogens is 1. The number of ether oxygens (including phenoxy) is 1. The Morgan fingerprint density at radius 2 is 2.07 bits per heavy atom. The van der Waals surface area contributed by atoms with Crippen molar-refractivity contribution in [3.63, 3.8) is 0 Å². The molecule has 2 aliphatic rings. The summed E-state index contributed by atoms with van der Waals surface area (Å²) < 4.78 is 5.71. The van der Waals surface area contributed by atoms with Crippen molar-refractivity contribution in [2.75, 3.05) is 39.3 Å². The van der Waals surface area contributed by atoms with Crippen LogP contribution in [0.25, 0.3) is 0 Å². The molecule has 8 heteroatoms. The topological polar surface area (TPSA) is 91.8 Å². The second-order valence-corrected chi connectivity index (χ2v) is 8.57. The Hall–Kier alpha value is -2.03. The van der Waals surface area contributed by atoms with Crippen LogP contribution in [0.4, 0.5) is 10.6 Å². The molecule has 8 nitrogen and oxygen atoms in total. The van der Waals surface area contributed by atoms with E-state index in [1.807, 2.05) is 20.8 Å². The molecule has 28 heavy (non-hydrogen) atoms. The molecule has 2 saturated heterocycles. The second kappa shape index (κ2) is 8.14. The Balaban J connectivity index is 1.94. The fourth-order valence-electron chi connectivity index (χ4n) is 3.70. The van der Waals surface area contributed by atoms with Crippen LogP contribution in [-0.2, 0) is 4.74 Å². The molecule has 3 rings (SSSR count). The number of carbonyl (C=O) groups excluding carboxylic acids is 2. The average Bonchev–Trinajstić information content (AvgIpc) is 2.91. The van der Waals surface area contributed by atoms with Crippen molar-refractivity contribution in [3.8, 4) is 0 Å². The van der Waals surface area contributed by atoms with Gasteiger partial charge in [0.1, 0.15) is 17.8 Å². The van der Waals surface area contributed by atoms with Gasteiger partial charge in [0.25, 0.3) is 5.91 Å². The van der Waals surface area contributed by atoms with Gasteiger partial charge in [-0.15, -0.1) is 0 Å². The third-order valence-electron chi connectivity index (χ3n) is 5.15. The zero-order valence-electron chi connectivity index (χ0n) is 17.0. The normalized spacial score (nSPS) is 26.0. The minimum Gasteiger partial charge on any atom is -0.414 e. The third kappa shape index (κ3) is 4.51. The maximum Gasteiger partial charge on any atom is 0.523 e. The van der Waals surface area contributed by atoms with Crippen molar-refractivity contribution in [2.45, 2.75) is 45.3 Å². The van der Waals surface area contributed by atoms with Crippen LogP contribution in [0.2, 0.25) is 0 Å². The Kier molecular flexibility index (Phi) is 6.02. The lowest BCUT2D eigenvalue weighted by Gasteiger charge is -2.34. The largest absolute Gasteiger partial charge is 0.523 e. The molecule has 2 amide bonds. The molecule has 0 saturated carbocycles. The minimum atomic E-state index is -0.610. The Morgan fingerprint density at radius 1 is 1.29 bits per heavy atom. The van der Waals surface area contributed by atoms with E-state index in [0.29, 0.717) is 50.7 Å². The van der Waals surface area contributed by atoms with Gasteiger partial charge in [-0.1, -0.05) is 6.07 Å². The summed E-state index contributed by atoms with van der Waals surface area (Å²) in [4.78, 5) is 32.2. The summed E-state index contributed by atoms with van der Waals surface area (Å²) in [5, 5.41) is 13.0. The van der Waals surface area contributed by atoms with E-state index in [-0.39, 0.29) is 16.5 Å². The predicted molar refractivity (Wildman–Crippen MR) is 106 cm³/mol. The molecule has 2 N–H and O–H groups in total. The highest BCUT2D eigenvalue weighted by Gasteiger charge is 2.45. The number of rotatable bonds is 2. The smallest absolute Gasteiger partial charge is 0.414 e. The van der Waals surface area contributed by atoms with Gasteiger partial charge in [0.2, 0.25) is 5.82 Å². The Morgan fingerprint density at radius 3 is 2.75 bits per heavy atom. The summed E-state index contributed by atoms with van der Waals surface area (Å²) in [6, 6.07) is 5.23. The molecule has 0 bridgehead atoms. The standard InChI is InChI=1S/C20H31N4O4/c1-20(2,3)28-19(27)24(12-5-9-21-10-13-24)17-7-4-6-16(22-17)18(26)23-11-8-15(25)14-23/h4,6-7,15,21,25H,5,8-14H2,1-3H3/q+1/t15-,24?/m1/s1. The quantitative estimate of drug-likeness (QED) is 0.743. The summed E-state index contributed by atoms with van der Waals surface area (Å²) in [7, 11) is 0. The highest BCUT2D eigenvalue weighted by atomic mass is 16.6. The summed E-state index contributed by atoms with van der Waals surface area (Å²) in [6.45, 7) is 8.96. The molecular weight excluding hydrogens is 360 g/mol. The van der Waals surface area contributed by atoms with Gasteiger partial charge in [0.15, 0.2) is 0 Å². The number of hydrogen-bond acceptors (Lipinski definition) is 6. The number of nitrogens with zero attached hydrogens (tertiary/aromatic N) is 3. The number of carbonyl (C=O) groups is 2. The summed E-state index contributed by atoms with van der Waals surface area (Å²) in [6.07, 6.45) is 0.556. The van der Waals surface area contributed by atoms with Crippen LogP contribution in [0.15, 0.2) is 18.2 Å². The van der Waals surface area contributed by atoms with Crippen LogP contribution in [0, 0.1) is 0 Å². The fraction of sp³-hybridized carbons (Fsp3) is 0.650. The number of pyridine rings is 1. The lowest BCUT2D eigenvalue weighted by atomic mass is 10.2. The predicted octanol–water partition coefficient (Wildman–Crippen LogP) is 1.52. The number of amides is 2. The zero-order chi connectivity index (χ0) is 20.4. The van der Waals surface area contributed by atoms with E-state index >= 15 is 0 Å². The van der Waals surface area contributed by atoms with Crippen LogP contribution < -0.4 is 9.80 Å². The lowest BCUT2D eigenvalue weighted by molar-refractivity contribution is 0.0266. The number of nitrogens with one attached hydrogen (secondary N) is 1. The number of aliphatic hydroxyl groups is 1. The van der Waals surface area contributed by atoms with E-state index < -0.39 is 11.7 Å². The number of aromatic nitrogens is 1. The van der Waals surface area contributed by atoms with Crippen LogP contribution in [0.5, 0.6) is 0 Å². The maximum atomic E-state index is 13.2. The molecule has 0 radical (unpaired) electrons. The zero-order valence-corrected chi connectivity index (χ0v) is 17.0. The van der Waals surface area contributed by atoms with Crippen LogP contribution in [0.1, 0.15) is 44.1 Å². The van der Waals surface area contributed by atoms with Crippen molar-refractivity contribution in [3.05, 3.63) is 23.9 Å². The van der Waals surface area contributed by atoms with Gasteiger partial charge in [-0.05, 0) is 33.3 Å². The summed E-state index contributed by atoms with van der Waals surface area (Å²) in [5.74, 6) is 0.317. The van der Waals surface area contributed by atoms with Crippen LogP contribution in [0.3, 0.4) is 0 Å². The third-order valence-corrected chi connectivity index (χ3v) is 5.15. The minimum absolute atomic E-state index is 0.0337. The molecule has 2 fully saturated rings. The highest BCUT2D eigenvalue weighted by molar-refractivity contribution is 5.93. The molecule has 0 aromatic carbocycles. The lowest BCUT2D eigenvalue weighted by Crippen LogP contribution is -2.58. The summed E-state index contributed by atoms with van der Waals surface area (Å²) in [5.41, 5.74) is -0.314. The van der Waals surface area contributed by atoms with E-state index in [0.717, 1.165) is 13.0 Å². The maximum absolute atomic E-state index is 13.2. The molecule has 0 spiro atoms. The van der Waals surface area contributed by atoms with Gasteiger partial charge in [-0.25, -0.2) is 0 Å². The number of aliphatic hydroxyl groups excluding tert-OH is 1. The Labute approximate surface area is 166 Å². The molecule has 1 aromatic rings. The van der Waals surface area contributed by atoms with Crippen molar-refractivity contribution >= 4 is 17.8 Å². The Bertz CT molecular complexity index is 723. The molecule has 3 heterocycles. The van der Waals surface area contributed by atoms with E-state index in [2.05, 4.69) is 10.3 Å². The fourth-order valence-corrected chi connectivity index (χ4v) is 3.70. The molecule has 2 atom stereocenters. The van der Waals surface area contributed by atoms with E-state index in [1.54, 1.807) is 23.1 Å². The average molecular weight is 391 g/mol. The molecule has 1 aromatic heterocycles. The van der Waals surface area contributed by atoms with Gasteiger partial charge in [0.05, 0.1) is 12.6 Å². The van der Waals surface area contributed by atoms with Gasteiger partial charge in [-0.3, -0.25) is 4.79 Å². The summed E-state index contributed by atoms with van der Waals surface area (Å²) >= 11 is 0. The molecule has 2 aliphatic heterocycles. The van der Waals surface area contributed by atoms with Crippen molar-refractivity contribution < 1.29 is 19.4 Å². The van der Waals surface area contributed by atoms with Crippen molar-refractivity contribution in [2.24, 2.45) is 0 Å². The van der Waals surface area contributed by atoms with E-state index in [4.69, 9.17) is 4.74 Å². The van der Waals surface area contributed by atoms with E-state index in [1.165, 1.54) is 0 Å². The van der Waals surface area contributed by atoms with Crippen molar-refractivity contribution in [1.82, 2.24) is 19.7 Å². The molecule has 0 aliphatic carbocycles. The number of likely N-dealkylation sites (tertiary alicyclic amines) is 1. The van der Waals surface area contributed by atoms with Crippen LogP contribution in [-0.4, -0.2) is 78.0 Å². The number of β-amino-alcohol motifs (C(OH)–C–C–N with tert-alkyl or cyclic N) is 1.